The molecule has 0 saturated carbocycles. The molecule has 0 aliphatic rings. The molecule has 0 aliphatic carbocycles. The molecule has 0 bridgehead atoms. The van der Waals surface area contributed by atoms with Crippen LogP contribution >= 0.6 is 15.9 Å². The number of methoxy groups -OCH3 is 1. The molecule has 2 rings (SSSR count). The van der Waals surface area contributed by atoms with Crippen molar-refractivity contribution in [2.45, 2.75) is 6.54 Å². The molecule has 1 amide bonds. The fraction of sp³-hybridized carbons (Fsp3) is 0.235. The van der Waals surface area contributed by atoms with Crippen LogP contribution in [0.3, 0.4) is 0 Å². The Hall–Kier alpha value is -1.92. The predicted octanol–water partition coefficient (Wildman–Crippen LogP) is 2.25. The van der Waals surface area contributed by atoms with E-state index in [1.807, 2.05) is 25.2 Å². The van der Waals surface area contributed by atoms with Gasteiger partial charge in [0, 0.05) is 11.3 Å². The van der Waals surface area contributed by atoms with Crippen LogP contribution in [0.2, 0.25) is 0 Å². The smallest absolute Gasteiger partial charge is 0.279 e. The molecule has 0 radical (unpaired) electrons. The van der Waals surface area contributed by atoms with Gasteiger partial charge in [-0.25, -0.2) is 4.39 Å². The van der Waals surface area contributed by atoms with Crippen LogP contribution in [0, 0.1) is 5.82 Å². The summed E-state index contributed by atoms with van der Waals surface area (Å²) in [7, 11) is 3.55. The van der Waals surface area contributed by atoms with Crippen LogP contribution in [0.15, 0.2) is 46.9 Å². The van der Waals surface area contributed by atoms with E-state index in [1.165, 1.54) is 12.1 Å². The second kappa shape index (κ2) is 8.08. The van der Waals surface area contributed by atoms with Crippen molar-refractivity contribution in [3.63, 3.8) is 0 Å². The molecule has 0 heterocycles. The number of hydrogen-bond donors (Lipinski definition) is 2. The standard InChI is InChI=1S/C17H18BrFN2O2/c1-21(10-12-6-7-16(23-2)15(18)8-12)11-17(22)20-14-5-3-4-13(19)9-14/h3-9H,10-11H2,1-2H3,(H,20,22)/p+1. The van der Waals surface area contributed by atoms with Crippen molar-refractivity contribution in [1.82, 2.24) is 0 Å². The molecule has 23 heavy (non-hydrogen) atoms. The van der Waals surface area contributed by atoms with Crippen molar-refractivity contribution in [2.75, 3.05) is 26.0 Å². The van der Waals surface area contributed by atoms with Crippen LogP contribution in [0.1, 0.15) is 5.56 Å². The van der Waals surface area contributed by atoms with E-state index in [1.54, 1.807) is 19.2 Å². The molecule has 0 aromatic heterocycles. The van der Waals surface area contributed by atoms with E-state index in [-0.39, 0.29) is 11.7 Å². The topological polar surface area (TPSA) is 42.8 Å². The number of halogens is 2. The number of ether oxygens (including phenoxy) is 1. The number of rotatable bonds is 6. The number of nitrogens with one attached hydrogen (secondary N) is 2. The van der Waals surface area contributed by atoms with Gasteiger partial charge < -0.3 is 15.0 Å². The zero-order chi connectivity index (χ0) is 16.8. The van der Waals surface area contributed by atoms with Gasteiger partial charge in [0.15, 0.2) is 6.54 Å². The van der Waals surface area contributed by atoms with Crippen LogP contribution in [0.5, 0.6) is 5.75 Å². The number of likely N-dealkylation sites (N-methyl/N-ethyl adjacent to an activating group) is 1. The molecule has 1 atom stereocenters. The molecule has 2 aromatic rings. The summed E-state index contributed by atoms with van der Waals surface area (Å²) in [6.07, 6.45) is 0. The van der Waals surface area contributed by atoms with E-state index in [2.05, 4.69) is 21.2 Å². The summed E-state index contributed by atoms with van der Waals surface area (Å²) < 4.78 is 19.2. The largest absolute Gasteiger partial charge is 0.496 e. The van der Waals surface area contributed by atoms with Crippen molar-refractivity contribution in [3.05, 3.63) is 58.3 Å². The van der Waals surface area contributed by atoms with Gasteiger partial charge in [0.25, 0.3) is 5.91 Å². The van der Waals surface area contributed by atoms with E-state index >= 15 is 0 Å². The zero-order valence-corrected chi connectivity index (χ0v) is 14.6. The van der Waals surface area contributed by atoms with Crippen LogP contribution in [0.25, 0.3) is 0 Å². The Balaban J connectivity index is 1.90. The molecule has 1 unspecified atom stereocenters. The van der Waals surface area contributed by atoms with Gasteiger partial charge in [-0.3, -0.25) is 4.79 Å². The number of benzene rings is 2. The summed E-state index contributed by atoms with van der Waals surface area (Å²) in [6, 6.07) is 11.7. The summed E-state index contributed by atoms with van der Waals surface area (Å²) >= 11 is 3.45. The molecule has 122 valence electrons. The van der Waals surface area contributed by atoms with Gasteiger partial charge in [0.1, 0.15) is 18.1 Å². The van der Waals surface area contributed by atoms with Crippen molar-refractivity contribution in [3.8, 4) is 5.75 Å². The maximum Gasteiger partial charge on any atom is 0.279 e. The molecule has 2 aromatic carbocycles. The maximum absolute atomic E-state index is 13.1. The van der Waals surface area contributed by atoms with Crippen molar-refractivity contribution < 1.29 is 18.8 Å². The van der Waals surface area contributed by atoms with Gasteiger partial charge in [-0.1, -0.05) is 6.07 Å². The first-order valence-corrected chi connectivity index (χ1v) is 7.96. The Labute approximate surface area is 143 Å². The summed E-state index contributed by atoms with van der Waals surface area (Å²) in [6.45, 7) is 0.985. The normalized spacial score (nSPS) is 11.8. The summed E-state index contributed by atoms with van der Waals surface area (Å²) in [5.74, 6) is 0.252. The summed E-state index contributed by atoms with van der Waals surface area (Å²) in [5, 5.41) is 2.70. The van der Waals surface area contributed by atoms with E-state index in [4.69, 9.17) is 4.74 Å². The average Bonchev–Trinajstić information content (AvgIpc) is 2.47. The third kappa shape index (κ3) is 5.33. The van der Waals surface area contributed by atoms with Crippen molar-refractivity contribution in [2.24, 2.45) is 0 Å². The van der Waals surface area contributed by atoms with Gasteiger partial charge in [-0.05, 0) is 52.3 Å². The van der Waals surface area contributed by atoms with E-state index in [0.717, 1.165) is 20.7 Å². The highest BCUT2D eigenvalue weighted by molar-refractivity contribution is 9.10. The molecular weight excluding hydrogens is 363 g/mol. The minimum atomic E-state index is -0.369. The highest BCUT2D eigenvalue weighted by atomic mass is 79.9. The third-order valence-corrected chi connectivity index (χ3v) is 3.91. The minimum absolute atomic E-state index is 0.152. The van der Waals surface area contributed by atoms with Crippen LogP contribution in [0.4, 0.5) is 10.1 Å². The SMILES string of the molecule is COc1ccc(C[NH+](C)CC(=O)Nc2cccc(F)c2)cc1Br. The fourth-order valence-corrected chi connectivity index (χ4v) is 2.86. The van der Waals surface area contributed by atoms with Crippen LogP contribution in [-0.4, -0.2) is 26.6 Å². The lowest BCUT2D eigenvalue weighted by Gasteiger charge is -2.14. The Morgan fingerprint density at radius 2 is 2.09 bits per heavy atom. The quantitative estimate of drug-likeness (QED) is 0.805. The number of carbonyl (C=O) groups excluding carboxylic acids is 1. The number of anilines is 1. The van der Waals surface area contributed by atoms with E-state index in [0.29, 0.717) is 18.8 Å². The Morgan fingerprint density at radius 1 is 1.30 bits per heavy atom. The molecule has 2 N–H and O–H groups in total. The number of carbonyl (C=O) groups is 1. The second-order valence-electron chi connectivity index (χ2n) is 5.34. The monoisotopic (exact) mass is 381 g/mol. The van der Waals surface area contributed by atoms with Crippen LogP contribution in [-0.2, 0) is 11.3 Å². The van der Waals surface area contributed by atoms with Gasteiger partial charge in [0.2, 0.25) is 0 Å². The summed E-state index contributed by atoms with van der Waals surface area (Å²) in [4.78, 5) is 13.0. The first-order valence-electron chi connectivity index (χ1n) is 7.17. The molecule has 0 aliphatic heterocycles. The van der Waals surface area contributed by atoms with Gasteiger partial charge in [-0.2, -0.15) is 0 Å². The van der Waals surface area contributed by atoms with Gasteiger partial charge in [-0.15, -0.1) is 0 Å². The lowest BCUT2D eigenvalue weighted by molar-refractivity contribution is -0.885. The lowest BCUT2D eigenvalue weighted by atomic mass is 10.2. The molecule has 0 saturated heterocycles. The van der Waals surface area contributed by atoms with Crippen LogP contribution < -0.4 is 15.0 Å². The number of amides is 1. The highest BCUT2D eigenvalue weighted by Gasteiger charge is 2.12. The Morgan fingerprint density at radius 3 is 2.74 bits per heavy atom. The second-order valence-corrected chi connectivity index (χ2v) is 6.19. The number of hydrogen-bond acceptors (Lipinski definition) is 2. The van der Waals surface area contributed by atoms with E-state index < -0.39 is 0 Å². The number of quaternary nitrogens is 1. The van der Waals surface area contributed by atoms with Crippen molar-refractivity contribution in [1.29, 1.82) is 0 Å². The first kappa shape index (κ1) is 17.4. The molecule has 6 heteroatoms. The van der Waals surface area contributed by atoms with Gasteiger partial charge >= 0.3 is 0 Å². The highest BCUT2D eigenvalue weighted by Crippen LogP contribution is 2.25. The molecule has 0 spiro atoms. The van der Waals surface area contributed by atoms with Crippen molar-refractivity contribution >= 4 is 27.5 Å². The van der Waals surface area contributed by atoms with Gasteiger partial charge in [0.05, 0.1) is 18.6 Å². The lowest BCUT2D eigenvalue weighted by Crippen LogP contribution is -3.08. The molecular formula is C17H19BrFN2O2+. The summed E-state index contributed by atoms with van der Waals surface area (Å²) in [5.41, 5.74) is 1.56. The minimum Gasteiger partial charge on any atom is -0.496 e. The average molecular weight is 382 g/mol. The fourth-order valence-electron chi connectivity index (χ4n) is 2.28. The Bertz CT molecular complexity index is 694. The van der Waals surface area contributed by atoms with E-state index in [9.17, 15) is 9.18 Å². The molecule has 0 fully saturated rings. The zero-order valence-electron chi connectivity index (χ0n) is 13.0. The maximum atomic E-state index is 13.1. The predicted molar refractivity (Wildman–Crippen MR) is 91.2 cm³/mol. The third-order valence-electron chi connectivity index (χ3n) is 3.29. The molecule has 4 nitrogen and oxygen atoms in total. The first-order chi connectivity index (χ1) is 11.0. The Kier molecular flexibility index (Phi) is 6.12.